The van der Waals surface area contributed by atoms with Crippen LogP contribution in [0, 0.1) is 5.92 Å². The molecule has 250 valence electrons. The summed E-state index contributed by atoms with van der Waals surface area (Å²) in [5.41, 5.74) is 6.81. The van der Waals surface area contributed by atoms with Crippen molar-refractivity contribution in [1.29, 1.82) is 0 Å². The molecule has 2 aromatic carbocycles. The van der Waals surface area contributed by atoms with Crippen LogP contribution in [0.5, 0.6) is 0 Å². The molecule has 1 aliphatic rings. The van der Waals surface area contributed by atoms with Gasteiger partial charge in [-0.25, -0.2) is 24.1 Å². The molecule has 0 unspecified atom stereocenters. The second-order valence-electron chi connectivity index (χ2n) is 11.2. The molecule has 0 aliphatic carbocycles. The fraction of sp³-hybridized carbons (Fsp3) is 0.265. The predicted molar refractivity (Wildman–Crippen MR) is 176 cm³/mol. The maximum absolute atomic E-state index is 11.7. The van der Waals surface area contributed by atoms with Gasteiger partial charge < -0.3 is 25.2 Å². The number of benzene rings is 2. The van der Waals surface area contributed by atoms with Crippen molar-refractivity contribution in [3.05, 3.63) is 84.3 Å². The number of hydrogen-bond donors (Lipinski definition) is 3. The molecule has 1 saturated heterocycles. The highest BCUT2D eigenvalue weighted by Crippen LogP contribution is 2.32. The number of rotatable bonds is 8. The van der Waals surface area contributed by atoms with Crippen LogP contribution in [-0.4, -0.2) is 80.3 Å². The van der Waals surface area contributed by atoms with Crippen LogP contribution in [0.2, 0.25) is 0 Å². The number of nitrogens with one attached hydrogen (secondary N) is 1. The molecule has 3 aromatic heterocycles. The van der Waals surface area contributed by atoms with Gasteiger partial charge in [0.25, 0.3) is 0 Å². The number of para-hydroxylation sites is 1. The third-order valence-electron chi connectivity index (χ3n) is 7.56. The van der Waals surface area contributed by atoms with Gasteiger partial charge in [-0.2, -0.15) is 18.3 Å². The third-order valence-corrected chi connectivity index (χ3v) is 7.56. The van der Waals surface area contributed by atoms with E-state index < -0.39 is 24.2 Å². The molecule has 6 rings (SSSR count). The van der Waals surface area contributed by atoms with E-state index in [1.54, 1.807) is 6.20 Å². The zero-order chi connectivity index (χ0) is 34.4. The van der Waals surface area contributed by atoms with E-state index in [0.29, 0.717) is 13.2 Å². The standard InChI is InChI=1S/C32H32N6O3.C2HF3O2/c1-21(2)29(32(39)40)35-25-11-8-23(9-12-25)30-27(14-13-24-10-7-22-5-3-4-6-26(22)34-24)36-31-28(15-16-33-38(30)31)37-17-19-41-20-18-37;3-2(4,5)1(6)7/h3-16,21,29,35H,17-20H2,1-2H3,(H,39,40);(H,6,7)/t29-;/m0./s1. The highest BCUT2D eigenvalue weighted by Gasteiger charge is 2.38. The molecule has 0 bridgehead atoms. The number of ether oxygens (including phenoxy) is 1. The quantitative estimate of drug-likeness (QED) is 0.178. The molecule has 4 heterocycles. The van der Waals surface area contributed by atoms with E-state index in [1.807, 2.05) is 91.2 Å². The van der Waals surface area contributed by atoms with Crippen molar-refractivity contribution in [3.8, 4) is 11.3 Å². The van der Waals surface area contributed by atoms with E-state index >= 15 is 0 Å². The van der Waals surface area contributed by atoms with Gasteiger partial charge in [0.2, 0.25) is 0 Å². The lowest BCUT2D eigenvalue weighted by Crippen LogP contribution is -2.36. The first kappa shape index (κ1) is 33.9. The lowest BCUT2D eigenvalue weighted by molar-refractivity contribution is -0.192. The molecule has 11 nitrogen and oxygen atoms in total. The summed E-state index contributed by atoms with van der Waals surface area (Å²) in [6.45, 7) is 6.69. The fourth-order valence-corrected chi connectivity index (χ4v) is 5.15. The van der Waals surface area contributed by atoms with Gasteiger partial charge in [0.15, 0.2) is 5.65 Å². The van der Waals surface area contributed by atoms with Crippen LogP contribution in [0.4, 0.5) is 24.5 Å². The summed E-state index contributed by atoms with van der Waals surface area (Å²) in [6, 6.07) is 21.2. The molecule has 0 saturated carbocycles. The molecule has 48 heavy (non-hydrogen) atoms. The fourth-order valence-electron chi connectivity index (χ4n) is 5.15. The average Bonchev–Trinajstić information content (AvgIpc) is 3.45. The van der Waals surface area contributed by atoms with Crippen molar-refractivity contribution in [2.24, 2.45) is 5.92 Å². The number of pyridine rings is 1. The van der Waals surface area contributed by atoms with E-state index in [0.717, 1.165) is 63.7 Å². The number of carboxylic acids is 2. The van der Waals surface area contributed by atoms with Gasteiger partial charge >= 0.3 is 18.1 Å². The predicted octanol–water partition coefficient (Wildman–Crippen LogP) is 6.11. The number of nitrogens with zero attached hydrogens (tertiary/aromatic N) is 5. The van der Waals surface area contributed by atoms with Crippen LogP contribution in [0.3, 0.4) is 0 Å². The van der Waals surface area contributed by atoms with Crippen LogP contribution >= 0.6 is 0 Å². The van der Waals surface area contributed by atoms with E-state index in [4.69, 9.17) is 29.7 Å². The summed E-state index contributed by atoms with van der Waals surface area (Å²) in [5.74, 6) is -3.69. The van der Waals surface area contributed by atoms with Gasteiger partial charge in [0.1, 0.15) is 11.7 Å². The molecule has 0 radical (unpaired) electrons. The minimum atomic E-state index is -5.08. The third kappa shape index (κ3) is 7.89. The number of anilines is 2. The Hall–Kier alpha value is -5.50. The Morgan fingerprint density at radius 1 is 0.938 bits per heavy atom. The SMILES string of the molecule is CC(C)[C@H](Nc1ccc(-c2c(C=Cc3ccc4ccccc4n3)nc3c(N4CCOCC4)ccnn23)cc1)C(=O)O.O=C(O)C(F)(F)F. The second-order valence-corrected chi connectivity index (χ2v) is 11.2. The van der Waals surface area contributed by atoms with Crippen LogP contribution in [0.25, 0.3) is 40.0 Å². The van der Waals surface area contributed by atoms with Gasteiger partial charge in [0, 0.05) is 29.7 Å². The number of morpholine rings is 1. The number of carboxylic acid groups (broad SMARTS) is 2. The number of alkyl halides is 3. The molecule has 0 amide bonds. The summed E-state index contributed by atoms with van der Waals surface area (Å²) in [6.07, 6.45) is 0.676. The number of aliphatic carboxylic acids is 2. The summed E-state index contributed by atoms with van der Waals surface area (Å²) in [7, 11) is 0. The first-order chi connectivity index (χ1) is 22.9. The molecule has 3 N–H and O–H groups in total. The van der Waals surface area contributed by atoms with Gasteiger partial charge in [-0.15, -0.1) is 0 Å². The van der Waals surface area contributed by atoms with E-state index in [-0.39, 0.29) is 5.92 Å². The van der Waals surface area contributed by atoms with Crippen LogP contribution in [0.15, 0.2) is 72.9 Å². The minimum absolute atomic E-state index is 0.0609. The number of halogens is 3. The number of carbonyl (C=O) groups is 2. The van der Waals surface area contributed by atoms with Gasteiger partial charge in [-0.3, -0.25) is 0 Å². The van der Waals surface area contributed by atoms with Crippen molar-refractivity contribution in [2.45, 2.75) is 26.1 Å². The topological polar surface area (TPSA) is 142 Å². The monoisotopic (exact) mass is 662 g/mol. The summed E-state index contributed by atoms with van der Waals surface area (Å²) in [5, 5.41) is 25.7. The molecule has 1 aliphatic heterocycles. The van der Waals surface area contributed by atoms with Crippen molar-refractivity contribution in [3.63, 3.8) is 0 Å². The normalized spacial score (nSPS) is 14.2. The first-order valence-corrected chi connectivity index (χ1v) is 15.1. The van der Waals surface area contributed by atoms with Crippen molar-refractivity contribution in [1.82, 2.24) is 19.6 Å². The van der Waals surface area contributed by atoms with Crippen LogP contribution in [0.1, 0.15) is 25.2 Å². The van der Waals surface area contributed by atoms with E-state index in [1.165, 1.54) is 0 Å². The largest absolute Gasteiger partial charge is 0.490 e. The number of imidazole rings is 1. The lowest BCUT2D eigenvalue weighted by atomic mass is 10.0. The molecule has 14 heteroatoms. The van der Waals surface area contributed by atoms with Crippen molar-refractivity contribution < 1.29 is 37.7 Å². The van der Waals surface area contributed by atoms with Gasteiger partial charge in [-0.1, -0.05) is 50.2 Å². The number of aromatic nitrogens is 4. The maximum atomic E-state index is 11.7. The van der Waals surface area contributed by atoms with Crippen molar-refractivity contribution >= 4 is 52.0 Å². The zero-order valence-electron chi connectivity index (χ0n) is 26.1. The Bertz CT molecular complexity index is 1940. The van der Waals surface area contributed by atoms with E-state index in [2.05, 4.69) is 16.3 Å². The average molecular weight is 663 g/mol. The van der Waals surface area contributed by atoms with Gasteiger partial charge in [-0.05, 0) is 48.4 Å². The molecule has 1 fully saturated rings. The number of hydrogen-bond acceptors (Lipinski definition) is 8. The molecular formula is C34H33F3N6O5. The van der Waals surface area contributed by atoms with Gasteiger partial charge in [0.05, 0.1) is 42.0 Å². The Labute approximate surface area is 273 Å². The summed E-state index contributed by atoms with van der Waals surface area (Å²) in [4.78, 5) is 32.7. The zero-order valence-corrected chi connectivity index (χ0v) is 26.1. The van der Waals surface area contributed by atoms with Crippen LogP contribution in [-0.2, 0) is 14.3 Å². The molecule has 1 atom stereocenters. The lowest BCUT2D eigenvalue weighted by Gasteiger charge is -2.28. The summed E-state index contributed by atoms with van der Waals surface area (Å²) < 4.78 is 39.2. The highest BCUT2D eigenvalue weighted by atomic mass is 19.4. The first-order valence-electron chi connectivity index (χ1n) is 15.1. The van der Waals surface area contributed by atoms with Crippen molar-refractivity contribution in [2.75, 3.05) is 36.5 Å². The Morgan fingerprint density at radius 2 is 1.62 bits per heavy atom. The molecule has 0 spiro atoms. The minimum Gasteiger partial charge on any atom is -0.480 e. The number of fused-ring (bicyclic) bond motifs is 2. The van der Waals surface area contributed by atoms with E-state index in [9.17, 15) is 23.1 Å². The van der Waals surface area contributed by atoms with Crippen LogP contribution < -0.4 is 10.2 Å². The summed E-state index contributed by atoms with van der Waals surface area (Å²) >= 11 is 0. The maximum Gasteiger partial charge on any atom is 0.490 e. The Balaban J connectivity index is 0.000000582. The smallest absolute Gasteiger partial charge is 0.480 e. The highest BCUT2D eigenvalue weighted by molar-refractivity contribution is 5.85. The Kier molecular flexibility index (Phi) is 10.2. The Morgan fingerprint density at radius 3 is 2.27 bits per heavy atom. The second kappa shape index (κ2) is 14.5. The molecule has 5 aromatic rings. The molecular weight excluding hydrogens is 629 g/mol.